The van der Waals surface area contributed by atoms with E-state index in [2.05, 4.69) is 10.3 Å². The average Bonchev–Trinajstić information content (AvgIpc) is 2.21. The van der Waals surface area contributed by atoms with E-state index in [9.17, 15) is 10.2 Å². The third-order valence-electron chi connectivity index (χ3n) is 2.15. The number of nitrogen functional groups attached to an aromatic ring is 1. The number of nitrogens with zero attached hydrogens (tertiary/aromatic N) is 1. The van der Waals surface area contributed by atoms with Crippen LogP contribution in [0.3, 0.4) is 0 Å². The lowest BCUT2D eigenvalue weighted by Gasteiger charge is -2.18. The summed E-state index contributed by atoms with van der Waals surface area (Å²) in [5.74, 6) is 0. The molecule has 1 aromatic rings. The van der Waals surface area contributed by atoms with Gasteiger partial charge in [-0.1, -0.05) is 0 Å². The summed E-state index contributed by atoms with van der Waals surface area (Å²) >= 11 is 0. The predicted octanol–water partition coefficient (Wildman–Crippen LogP) is -0.414. The van der Waals surface area contributed by atoms with Crippen molar-refractivity contribution in [3.63, 3.8) is 0 Å². The van der Waals surface area contributed by atoms with E-state index >= 15 is 0 Å². The fourth-order valence-corrected chi connectivity index (χ4v) is 1.33. The topological polar surface area (TPSA) is 91.4 Å². The molecule has 0 aromatic carbocycles. The number of rotatable bonds is 4. The number of hydrogen-bond donors (Lipinski definition) is 4. The van der Waals surface area contributed by atoms with Gasteiger partial charge in [0.25, 0.3) is 0 Å². The van der Waals surface area contributed by atoms with Gasteiger partial charge < -0.3 is 21.3 Å². The zero-order valence-corrected chi connectivity index (χ0v) is 8.94. The van der Waals surface area contributed by atoms with Crippen molar-refractivity contribution in [2.45, 2.75) is 19.1 Å². The van der Waals surface area contributed by atoms with Gasteiger partial charge in [0.2, 0.25) is 0 Å². The van der Waals surface area contributed by atoms with E-state index in [4.69, 9.17) is 5.73 Å². The number of aromatic nitrogens is 1. The molecule has 0 bridgehead atoms. The third-order valence-corrected chi connectivity index (χ3v) is 2.15. The Balaban J connectivity index is 2.89. The van der Waals surface area contributed by atoms with Crippen molar-refractivity contribution in [2.75, 3.05) is 19.3 Å². The van der Waals surface area contributed by atoms with E-state index in [1.165, 1.54) is 0 Å². The number of nitrogens with two attached hydrogens (primary N) is 1. The van der Waals surface area contributed by atoms with Crippen molar-refractivity contribution in [1.29, 1.82) is 0 Å². The first kappa shape index (κ1) is 11.9. The minimum absolute atomic E-state index is 0.288. The summed E-state index contributed by atoms with van der Waals surface area (Å²) in [6, 6.07) is 3.43. The number of aliphatic hydroxyl groups excluding tert-OH is 2. The molecule has 0 aliphatic rings. The van der Waals surface area contributed by atoms with Gasteiger partial charge in [-0.05, 0) is 26.1 Å². The Morgan fingerprint density at radius 2 is 2.13 bits per heavy atom. The molecule has 0 amide bonds. The van der Waals surface area contributed by atoms with Crippen LogP contribution in [0.25, 0.3) is 0 Å². The average molecular weight is 211 g/mol. The summed E-state index contributed by atoms with van der Waals surface area (Å²) in [6.45, 7) is 2.09. The van der Waals surface area contributed by atoms with Gasteiger partial charge in [-0.2, -0.15) is 0 Å². The monoisotopic (exact) mass is 211 g/mol. The Labute approximate surface area is 89.0 Å². The van der Waals surface area contributed by atoms with Crippen LogP contribution in [-0.4, -0.2) is 34.9 Å². The number of aliphatic hydroxyl groups is 2. The van der Waals surface area contributed by atoms with Gasteiger partial charge in [-0.25, -0.2) is 0 Å². The normalized spacial score (nSPS) is 14.9. The minimum Gasteiger partial charge on any atom is -0.397 e. The van der Waals surface area contributed by atoms with Gasteiger partial charge in [0.15, 0.2) is 0 Å². The third kappa shape index (κ3) is 2.89. The molecule has 2 atom stereocenters. The highest BCUT2D eigenvalue weighted by Crippen LogP contribution is 2.21. The number of likely N-dealkylation sites (N-methyl/N-ethyl adjacent to an activating group) is 1. The molecular weight excluding hydrogens is 194 g/mol. The maximum atomic E-state index is 9.79. The smallest absolute Gasteiger partial charge is 0.125 e. The molecule has 5 heteroatoms. The standard InChI is InChI=1S/C10H17N3O2/c1-6-3-4-7(11)9(13-6)10(15)8(14)5-12-2/h3-4,8,10,12,14-15H,5,11H2,1-2H3. The molecule has 0 radical (unpaired) electrons. The van der Waals surface area contributed by atoms with Gasteiger partial charge in [-0.3, -0.25) is 4.98 Å². The summed E-state index contributed by atoms with van der Waals surface area (Å²) in [5, 5.41) is 22.1. The van der Waals surface area contributed by atoms with Gasteiger partial charge in [0, 0.05) is 12.2 Å². The van der Waals surface area contributed by atoms with Crippen molar-refractivity contribution in [1.82, 2.24) is 10.3 Å². The molecule has 0 spiro atoms. The van der Waals surface area contributed by atoms with Gasteiger partial charge in [0.05, 0.1) is 17.5 Å². The number of nitrogens with one attached hydrogen (secondary N) is 1. The molecule has 0 saturated heterocycles. The Bertz CT molecular complexity index is 330. The Kier molecular flexibility index (Phi) is 4.02. The molecule has 0 saturated carbocycles. The highest BCUT2D eigenvalue weighted by Gasteiger charge is 2.21. The van der Waals surface area contributed by atoms with Crippen LogP contribution in [0.2, 0.25) is 0 Å². The first-order valence-electron chi connectivity index (χ1n) is 4.80. The Hall–Kier alpha value is -1.17. The molecule has 84 valence electrons. The molecule has 0 aliphatic heterocycles. The van der Waals surface area contributed by atoms with Crippen molar-refractivity contribution in [2.24, 2.45) is 0 Å². The lowest BCUT2D eigenvalue weighted by Crippen LogP contribution is -2.30. The largest absolute Gasteiger partial charge is 0.397 e. The van der Waals surface area contributed by atoms with Crippen LogP contribution in [-0.2, 0) is 0 Å². The first-order valence-corrected chi connectivity index (χ1v) is 4.80. The fraction of sp³-hybridized carbons (Fsp3) is 0.500. The number of pyridine rings is 1. The Morgan fingerprint density at radius 3 is 2.73 bits per heavy atom. The van der Waals surface area contributed by atoms with Gasteiger partial charge >= 0.3 is 0 Å². The molecule has 15 heavy (non-hydrogen) atoms. The van der Waals surface area contributed by atoms with Crippen LogP contribution in [0.4, 0.5) is 5.69 Å². The molecule has 0 aliphatic carbocycles. The second-order valence-electron chi connectivity index (χ2n) is 3.50. The van der Waals surface area contributed by atoms with Crippen molar-refractivity contribution in [3.8, 4) is 0 Å². The zero-order chi connectivity index (χ0) is 11.4. The van der Waals surface area contributed by atoms with Crippen LogP contribution in [0.15, 0.2) is 12.1 Å². The SMILES string of the molecule is CNCC(O)C(O)c1nc(C)ccc1N. The molecule has 5 N–H and O–H groups in total. The predicted molar refractivity (Wildman–Crippen MR) is 58.3 cm³/mol. The summed E-state index contributed by atoms with van der Waals surface area (Å²) < 4.78 is 0. The summed E-state index contributed by atoms with van der Waals surface area (Å²) in [6.07, 6.45) is -1.97. The van der Waals surface area contributed by atoms with E-state index in [-0.39, 0.29) is 6.54 Å². The van der Waals surface area contributed by atoms with E-state index in [1.807, 2.05) is 0 Å². The van der Waals surface area contributed by atoms with Crippen LogP contribution < -0.4 is 11.1 Å². The molecule has 0 fully saturated rings. The lowest BCUT2D eigenvalue weighted by molar-refractivity contribution is 0.0181. The zero-order valence-electron chi connectivity index (χ0n) is 8.94. The lowest BCUT2D eigenvalue weighted by atomic mass is 10.1. The van der Waals surface area contributed by atoms with Gasteiger partial charge in [-0.15, -0.1) is 0 Å². The van der Waals surface area contributed by atoms with Crippen molar-refractivity contribution >= 4 is 5.69 Å². The van der Waals surface area contributed by atoms with Crippen molar-refractivity contribution in [3.05, 3.63) is 23.5 Å². The quantitative estimate of drug-likeness (QED) is 0.543. The number of anilines is 1. The fourth-order valence-electron chi connectivity index (χ4n) is 1.33. The van der Waals surface area contributed by atoms with E-state index in [1.54, 1.807) is 26.1 Å². The second-order valence-corrected chi connectivity index (χ2v) is 3.50. The highest BCUT2D eigenvalue weighted by molar-refractivity contribution is 5.44. The summed E-state index contributed by atoms with van der Waals surface area (Å²) in [7, 11) is 1.70. The molecule has 5 nitrogen and oxygen atoms in total. The van der Waals surface area contributed by atoms with Crippen LogP contribution in [0.5, 0.6) is 0 Å². The number of aryl methyl sites for hydroxylation is 1. The van der Waals surface area contributed by atoms with E-state index < -0.39 is 12.2 Å². The van der Waals surface area contributed by atoms with Crippen LogP contribution in [0.1, 0.15) is 17.5 Å². The molecular formula is C10H17N3O2. The van der Waals surface area contributed by atoms with E-state index in [0.29, 0.717) is 11.4 Å². The maximum absolute atomic E-state index is 9.79. The highest BCUT2D eigenvalue weighted by atomic mass is 16.3. The van der Waals surface area contributed by atoms with E-state index in [0.717, 1.165) is 5.69 Å². The number of hydrogen-bond acceptors (Lipinski definition) is 5. The van der Waals surface area contributed by atoms with Crippen molar-refractivity contribution < 1.29 is 10.2 Å². The summed E-state index contributed by atoms with van der Waals surface area (Å²) in [4.78, 5) is 4.11. The van der Waals surface area contributed by atoms with Crippen LogP contribution in [0, 0.1) is 6.92 Å². The molecule has 2 unspecified atom stereocenters. The molecule has 1 rings (SSSR count). The van der Waals surface area contributed by atoms with Crippen LogP contribution >= 0.6 is 0 Å². The van der Waals surface area contributed by atoms with Gasteiger partial charge in [0.1, 0.15) is 6.10 Å². The minimum atomic E-state index is -1.06. The Morgan fingerprint density at radius 1 is 1.47 bits per heavy atom. The molecule has 1 heterocycles. The maximum Gasteiger partial charge on any atom is 0.125 e. The summed E-state index contributed by atoms with van der Waals surface area (Å²) in [5.41, 5.74) is 7.15. The first-order chi connectivity index (χ1) is 7.06. The molecule has 1 aromatic heterocycles. The second kappa shape index (κ2) is 5.06.